The van der Waals surface area contributed by atoms with Crippen molar-refractivity contribution in [3.8, 4) is 0 Å². The van der Waals surface area contributed by atoms with Crippen LogP contribution >= 0.6 is 23.4 Å². The van der Waals surface area contributed by atoms with E-state index in [0.717, 1.165) is 6.07 Å². The fraction of sp³-hybridized carbons (Fsp3) is 0.233. The second kappa shape index (κ2) is 14.1. The third-order valence-corrected chi connectivity index (χ3v) is 10.9. The third-order valence-electron chi connectivity index (χ3n) is 7.77. The molecule has 3 aromatic carbocycles. The van der Waals surface area contributed by atoms with Crippen molar-refractivity contribution in [2.75, 3.05) is 46.3 Å². The highest BCUT2D eigenvalue weighted by molar-refractivity contribution is 7.99. The number of carbonyl (C=O) groups is 2. The van der Waals surface area contributed by atoms with E-state index in [1.54, 1.807) is 0 Å². The molecule has 1 aliphatic rings. The molecule has 0 spiro atoms. The Morgan fingerprint density at radius 3 is 2.00 bits per heavy atom. The molecule has 5 rings (SSSR count). The molecule has 0 saturated heterocycles. The number of hydrogen-bond acceptors (Lipinski definition) is 17. The Morgan fingerprint density at radius 1 is 0.840 bits per heavy atom. The van der Waals surface area contributed by atoms with E-state index in [2.05, 4.69) is 30.9 Å². The fourth-order valence-electron chi connectivity index (χ4n) is 5.68. The fourth-order valence-corrected chi connectivity index (χ4v) is 8.01. The Labute approximate surface area is 295 Å². The van der Waals surface area contributed by atoms with Crippen molar-refractivity contribution < 1.29 is 40.6 Å². The predicted octanol–water partition coefficient (Wildman–Crippen LogP) is 3.24. The minimum atomic E-state index is -5.32. The molecule has 1 aliphatic carbocycles. The molecule has 50 heavy (non-hydrogen) atoms. The number of halogens is 1. The first-order chi connectivity index (χ1) is 23.4. The van der Waals surface area contributed by atoms with Gasteiger partial charge in [-0.15, -0.1) is 0 Å². The summed E-state index contributed by atoms with van der Waals surface area (Å²) < 4.78 is 75.0. The summed E-state index contributed by atoms with van der Waals surface area (Å²) in [7, 11) is -10.5. The number of nitrogens with zero attached hydrogens (tertiary/aromatic N) is 3. The molecular formula is C30H28ClN7O9S3-2. The molecule has 16 nitrogen and oxygen atoms in total. The van der Waals surface area contributed by atoms with Crippen LogP contribution in [0.4, 0.5) is 34.6 Å². The summed E-state index contributed by atoms with van der Waals surface area (Å²) in [4.78, 5) is 38.1. The number of rotatable bonds is 12. The maximum absolute atomic E-state index is 13.8. The van der Waals surface area contributed by atoms with Crippen LogP contribution in [-0.2, 0) is 20.2 Å². The molecule has 1 heterocycles. The van der Waals surface area contributed by atoms with Gasteiger partial charge in [0.25, 0.3) is 0 Å². The largest absolute Gasteiger partial charge is 0.744 e. The number of thioether (sulfide) groups is 1. The predicted molar refractivity (Wildman–Crippen MR) is 185 cm³/mol. The van der Waals surface area contributed by atoms with Crippen LogP contribution < -0.4 is 21.7 Å². The lowest BCUT2D eigenvalue weighted by molar-refractivity contribution is 0.0980. The van der Waals surface area contributed by atoms with E-state index in [9.17, 15) is 35.5 Å². The lowest BCUT2D eigenvalue weighted by Gasteiger charge is -2.28. The van der Waals surface area contributed by atoms with E-state index in [4.69, 9.17) is 22.4 Å². The van der Waals surface area contributed by atoms with Crippen LogP contribution in [0.5, 0.6) is 0 Å². The molecule has 0 radical (unpaired) electrons. The zero-order valence-electron chi connectivity index (χ0n) is 26.5. The van der Waals surface area contributed by atoms with Crippen LogP contribution in [0.1, 0.15) is 48.5 Å². The van der Waals surface area contributed by atoms with Gasteiger partial charge in [0.1, 0.15) is 20.2 Å². The minimum Gasteiger partial charge on any atom is -0.744 e. The number of carbonyl (C=O) groups excluding carboxylic acids is 2. The number of aliphatic hydroxyl groups is 1. The van der Waals surface area contributed by atoms with Gasteiger partial charge < -0.3 is 35.9 Å². The van der Waals surface area contributed by atoms with Crippen LogP contribution in [0.15, 0.2) is 40.1 Å². The van der Waals surface area contributed by atoms with Gasteiger partial charge in [-0.3, -0.25) is 9.59 Å². The van der Waals surface area contributed by atoms with E-state index in [0.29, 0.717) is 18.1 Å². The molecule has 6 N–H and O–H groups in total. The number of aromatic nitrogens is 3. The molecule has 0 saturated carbocycles. The number of ketones is 2. The van der Waals surface area contributed by atoms with Crippen LogP contribution in [0, 0.1) is 20.8 Å². The summed E-state index contributed by atoms with van der Waals surface area (Å²) in [5, 5.41) is 17.4. The Balaban J connectivity index is 1.69. The molecule has 0 unspecified atom stereocenters. The highest BCUT2D eigenvalue weighted by Crippen LogP contribution is 2.44. The standard InChI is InChI=1S/C30H30ClN7O9S3/c1-13-23(34-18-12-19(49(42,43)44)22(32)21-20(18)25(40)16-6-4-5-7-17(16)26(21)41)14(2)27(50(45,46)47)15(3)24(13)35-30-37-28(31)36-29(38-30)33-8-10-48-11-9-39/h4-7,12,34,39H,8-11,32H2,1-3H3,(H,42,43,44)(H,45,46,47)(H2,33,35,36,37,38)/p-2. The Hall–Kier alpha value is -4.37. The van der Waals surface area contributed by atoms with Crippen molar-refractivity contribution in [3.63, 3.8) is 0 Å². The van der Waals surface area contributed by atoms with Crippen molar-refractivity contribution in [2.24, 2.45) is 0 Å². The molecule has 1 aromatic heterocycles. The Morgan fingerprint density at radius 2 is 1.42 bits per heavy atom. The van der Waals surface area contributed by atoms with Crippen molar-refractivity contribution in [1.82, 2.24) is 15.0 Å². The second-order valence-corrected chi connectivity index (χ2v) is 15.1. The van der Waals surface area contributed by atoms with Crippen LogP contribution in [0.2, 0.25) is 5.28 Å². The summed E-state index contributed by atoms with van der Waals surface area (Å²) in [5.41, 5.74) is 4.00. The topological polar surface area (TPSA) is 270 Å². The summed E-state index contributed by atoms with van der Waals surface area (Å²) in [6.07, 6.45) is 0. The number of fused-ring (bicyclic) bond motifs is 2. The number of nitrogens with two attached hydrogens (primary N) is 1. The van der Waals surface area contributed by atoms with Gasteiger partial charge >= 0.3 is 0 Å². The van der Waals surface area contributed by atoms with Crippen LogP contribution in [-0.4, -0.2) is 82.2 Å². The molecule has 0 fully saturated rings. The van der Waals surface area contributed by atoms with Crippen LogP contribution in [0.25, 0.3) is 0 Å². The van der Waals surface area contributed by atoms with Gasteiger partial charge in [0.2, 0.25) is 17.2 Å². The highest BCUT2D eigenvalue weighted by Gasteiger charge is 2.36. The number of nitrogen functional groups attached to an aromatic ring is 1. The number of anilines is 6. The van der Waals surface area contributed by atoms with Crippen molar-refractivity contribution >= 4 is 89.8 Å². The highest BCUT2D eigenvalue weighted by atomic mass is 35.5. The molecule has 0 aliphatic heterocycles. The van der Waals surface area contributed by atoms with Gasteiger partial charge in [0, 0.05) is 34.9 Å². The zero-order valence-corrected chi connectivity index (χ0v) is 29.7. The first kappa shape index (κ1) is 36.9. The average molecular weight is 762 g/mol. The second-order valence-electron chi connectivity index (χ2n) is 10.9. The van der Waals surface area contributed by atoms with E-state index < -0.39 is 52.8 Å². The van der Waals surface area contributed by atoms with Crippen molar-refractivity contribution in [2.45, 2.75) is 30.6 Å². The van der Waals surface area contributed by atoms with Gasteiger partial charge in [-0.05, 0) is 55.1 Å². The Kier molecular flexibility index (Phi) is 10.4. The summed E-state index contributed by atoms with van der Waals surface area (Å²) in [6, 6.07) is 6.54. The smallest absolute Gasteiger partial charge is 0.233 e. The molecule has 264 valence electrons. The lowest BCUT2D eigenvalue weighted by Crippen LogP contribution is -2.25. The summed E-state index contributed by atoms with van der Waals surface area (Å²) in [5.74, 6) is -0.485. The monoisotopic (exact) mass is 761 g/mol. The van der Waals surface area contributed by atoms with E-state index >= 15 is 0 Å². The number of nitrogens with one attached hydrogen (secondary N) is 3. The lowest BCUT2D eigenvalue weighted by atomic mass is 9.82. The van der Waals surface area contributed by atoms with Gasteiger partial charge in [-0.1, -0.05) is 24.3 Å². The number of hydrogen-bond donors (Lipinski definition) is 5. The molecule has 0 atom stereocenters. The van der Waals surface area contributed by atoms with Crippen molar-refractivity contribution in [1.29, 1.82) is 0 Å². The summed E-state index contributed by atoms with van der Waals surface area (Å²) in [6.45, 7) is 4.61. The first-order valence-corrected chi connectivity index (χ1v) is 18.9. The molecule has 0 amide bonds. The van der Waals surface area contributed by atoms with Gasteiger partial charge in [-0.2, -0.15) is 26.7 Å². The van der Waals surface area contributed by atoms with Crippen LogP contribution in [0.3, 0.4) is 0 Å². The maximum Gasteiger partial charge on any atom is 0.233 e. The molecule has 20 heteroatoms. The van der Waals surface area contributed by atoms with Gasteiger partial charge in [0.15, 0.2) is 11.6 Å². The third kappa shape index (κ3) is 7.11. The number of aliphatic hydroxyl groups excluding tert-OH is 1. The molecular weight excluding hydrogens is 734 g/mol. The number of benzene rings is 3. The van der Waals surface area contributed by atoms with E-state index in [1.807, 2.05) is 0 Å². The molecule has 0 bridgehead atoms. The SMILES string of the molecule is Cc1c(Nc2nc(Cl)nc(NCCSCCO)n2)c(C)c(S(=O)(=O)[O-])c(C)c1Nc1cc(S(=O)(=O)[O-])c(N)c2c1C(=O)c1ccccc1C2=O. The van der Waals surface area contributed by atoms with E-state index in [-0.39, 0.29) is 74.2 Å². The van der Waals surface area contributed by atoms with E-state index in [1.165, 1.54) is 56.8 Å². The minimum absolute atomic E-state index is 0.0177. The summed E-state index contributed by atoms with van der Waals surface area (Å²) >= 11 is 7.62. The van der Waals surface area contributed by atoms with Gasteiger partial charge in [0.05, 0.1) is 44.6 Å². The van der Waals surface area contributed by atoms with Crippen molar-refractivity contribution in [3.05, 3.63) is 74.6 Å². The molecule has 4 aromatic rings. The quantitative estimate of drug-likeness (QED) is 0.0693. The average Bonchev–Trinajstić information content (AvgIpc) is 3.03. The normalized spacial score (nSPS) is 12.8. The Bertz CT molecular complexity index is 2300. The van der Waals surface area contributed by atoms with Gasteiger partial charge in [-0.25, -0.2) is 16.8 Å². The zero-order chi connectivity index (χ0) is 36.7. The maximum atomic E-state index is 13.8. The first-order valence-electron chi connectivity index (χ1n) is 14.5.